The fourth-order valence-electron chi connectivity index (χ4n) is 4.11. The van der Waals surface area contributed by atoms with Crippen LogP contribution in [0.1, 0.15) is 51.4 Å². The molecule has 0 aromatic heterocycles. The Morgan fingerprint density at radius 2 is 2.20 bits per heavy atom. The van der Waals surface area contributed by atoms with Gasteiger partial charge in [0.1, 0.15) is 0 Å². The first-order chi connectivity index (χ1) is 9.77. The minimum Gasteiger partial charge on any atom is -0.378 e. The third kappa shape index (κ3) is 3.34. The SMILES string of the molecule is O=C(CCC1CCCO1)N1CCCC2(CCCNC2)C1. The van der Waals surface area contributed by atoms with Gasteiger partial charge < -0.3 is 15.0 Å². The van der Waals surface area contributed by atoms with Crippen molar-refractivity contribution in [2.24, 2.45) is 5.41 Å². The molecule has 0 bridgehead atoms. The van der Waals surface area contributed by atoms with Crippen molar-refractivity contribution in [1.82, 2.24) is 10.2 Å². The van der Waals surface area contributed by atoms with Crippen molar-refractivity contribution in [3.8, 4) is 0 Å². The van der Waals surface area contributed by atoms with E-state index in [1.807, 2.05) is 0 Å². The molecule has 4 heteroatoms. The van der Waals surface area contributed by atoms with Gasteiger partial charge in [-0.1, -0.05) is 0 Å². The Kier molecular flexibility index (Phi) is 4.61. The maximum absolute atomic E-state index is 12.4. The highest BCUT2D eigenvalue weighted by Crippen LogP contribution is 2.36. The smallest absolute Gasteiger partial charge is 0.222 e. The number of rotatable bonds is 3. The molecule has 1 N–H and O–H groups in total. The number of hydrogen-bond acceptors (Lipinski definition) is 3. The van der Waals surface area contributed by atoms with E-state index < -0.39 is 0 Å². The number of carbonyl (C=O) groups excluding carboxylic acids is 1. The summed E-state index contributed by atoms with van der Waals surface area (Å²) in [7, 11) is 0. The summed E-state index contributed by atoms with van der Waals surface area (Å²) >= 11 is 0. The van der Waals surface area contributed by atoms with Gasteiger partial charge in [-0.25, -0.2) is 0 Å². The molecule has 0 saturated carbocycles. The van der Waals surface area contributed by atoms with Crippen molar-refractivity contribution in [3.05, 3.63) is 0 Å². The van der Waals surface area contributed by atoms with Crippen LogP contribution >= 0.6 is 0 Å². The van der Waals surface area contributed by atoms with Crippen LogP contribution in [0.3, 0.4) is 0 Å². The van der Waals surface area contributed by atoms with Crippen LogP contribution in [-0.4, -0.2) is 49.7 Å². The topological polar surface area (TPSA) is 41.6 Å². The molecule has 0 radical (unpaired) electrons. The minimum absolute atomic E-state index is 0.342. The molecule has 4 nitrogen and oxygen atoms in total. The maximum Gasteiger partial charge on any atom is 0.222 e. The number of hydrogen-bond donors (Lipinski definition) is 1. The number of nitrogens with zero attached hydrogens (tertiary/aromatic N) is 1. The predicted octanol–water partition coefficient (Wildman–Crippen LogP) is 1.94. The van der Waals surface area contributed by atoms with Gasteiger partial charge in [0.15, 0.2) is 0 Å². The Morgan fingerprint density at radius 1 is 1.30 bits per heavy atom. The van der Waals surface area contributed by atoms with Gasteiger partial charge >= 0.3 is 0 Å². The molecule has 3 fully saturated rings. The fourth-order valence-corrected chi connectivity index (χ4v) is 4.11. The van der Waals surface area contributed by atoms with Crippen LogP contribution in [0, 0.1) is 5.41 Å². The quantitative estimate of drug-likeness (QED) is 0.859. The highest BCUT2D eigenvalue weighted by molar-refractivity contribution is 5.76. The van der Waals surface area contributed by atoms with Gasteiger partial charge in [-0.15, -0.1) is 0 Å². The first-order valence-corrected chi connectivity index (χ1v) is 8.38. The van der Waals surface area contributed by atoms with Gasteiger partial charge in [-0.3, -0.25) is 4.79 Å². The zero-order valence-electron chi connectivity index (χ0n) is 12.5. The molecule has 1 spiro atoms. The predicted molar refractivity (Wildman–Crippen MR) is 78.6 cm³/mol. The molecule has 114 valence electrons. The molecule has 2 unspecified atom stereocenters. The summed E-state index contributed by atoms with van der Waals surface area (Å²) in [6.45, 7) is 5.07. The van der Waals surface area contributed by atoms with E-state index in [1.165, 1.54) is 25.7 Å². The van der Waals surface area contributed by atoms with Gasteiger partial charge in [0.2, 0.25) is 5.91 Å². The molecule has 0 aliphatic carbocycles. The molecular formula is C16H28N2O2. The Labute approximate surface area is 122 Å². The van der Waals surface area contributed by atoms with Crippen molar-refractivity contribution in [1.29, 1.82) is 0 Å². The average Bonchev–Trinajstić information content (AvgIpc) is 2.99. The molecule has 3 rings (SSSR count). The summed E-state index contributed by atoms with van der Waals surface area (Å²) in [5, 5.41) is 3.52. The highest BCUT2D eigenvalue weighted by Gasteiger charge is 2.37. The van der Waals surface area contributed by atoms with E-state index in [-0.39, 0.29) is 0 Å². The molecule has 20 heavy (non-hydrogen) atoms. The third-order valence-corrected chi connectivity index (χ3v) is 5.28. The standard InChI is InChI=1S/C16H28N2O2/c19-15(6-5-14-4-1-11-20-14)18-10-3-8-16(13-18)7-2-9-17-12-16/h14,17H,1-13H2. The van der Waals surface area contributed by atoms with Crippen LogP contribution in [0.2, 0.25) is 0 Å². The van der Waals surface area contributed by atoms with E-state index in [1.54, 1.807) is 0 Å². The van der Waals surface area contributed by atoms with E-state index in [9.17, 15) is 4.79 Å². The normalized spacial score (nSPS) is 34.6. The second kappa shape index (κ2) is 6.44. The van der Waals surface area contributed by atoms with E-state index >= 15 is 0 Å². The van der Waals surface area contributed by atoms with Crippen molar-refractivity contribution < 1.29 is 9.53 Å². The van der Waals surface area contributed by atoms with Gasteiger partial charge in [0.25, 0.3) is 0 Å². The van der Waals surface area contributed by atoms with Crippen molar-refractivity contribution in [2.75, 3.05) is 32.8 Å². The molecule has 0 aromatic rings. The maximum atomic E-state index is 12.4. The summed E-state index contributed by atoms with van der Waals surface area (Å²) in [4.78, 5) is 14.6. The molecule has 3 heterocycles. The molecular weight excluding hydrogens is 252 g/mol. The van der Waals surface area contributed by atoms with Crippen LogP contribution in [-0.2, 0) is 9.53 Å². The van der Waals surface area contributed by atoms with Crippen molar-refractivity contribution in [2.45, 2.75) is 57.5 Å². The number of nitrogens with one attached hydrogen (secondary N) is 1. The van der Waals surface area contributed by atoms with Gasteiger partial charge in [0, 0.05) is 38.1 Å². The zero-order valence-corrected chi connectivity index (χ0v) is 12.5. The largest absolute Gasteiger partial charge is 0.378 e. The van der Waals surface area contributed by atoms with Crippen LogP contribution < -0.4 is 5.32 Å². The van der Waals surface area contributed by atoms with Crippen LogP contribution in [0.5, 0.6) is 0 Å². The molecule has 3 aliphatic heterocycles. The number of piperidine rings is 2. The lowest BCUT2D eigenvalue weighted by Gasteiger charge is -2.45. The Hall–Kier alpha value is -0.610. The Balaban J connectivity index is 1.49. The lowest BCUT2D eigenvalue weighted by atomic mass is 9.74. The van der Waals surface area contributed by atoms with E-state index in [0.717, 1.165) is 52.0 Å². The van der Waals surface area contributed by atoms with Crippen molar-refractivity contribution in [3.63, 3.8) is 0 Å². The fraction of sp³-hybridized carbons (Fsp3) is 0.938. The number of amides is 1. The summed E-state index contributed by atoms with van der Waals surface area (Å²) in [5.41, 5.74) is 0.371. The van der Waals surface area contributed by atoms with Gasteiger partial charge in [0.05, 0.1) is 6.10 Å². The Bertz CT molecular complexity index is 328. The Morgan fingerprint density at radius 3 is 2.95 bits per heavy atom. The lowest BCUT2D eigenvalue weighted by Crippen LogP contribution is -2.52. The highest BCUT2D eigenvalue weighted by atomic mass is 16.5. The third-order valence-electron chi connectivity index (χ3n) is 5.28. The second-order valence-corrected chi connectivity index (χ2v) is 6.87. The zero-order chi connectivity index (χ0) is 13.8. The first-order valence-electron chi connectivity index (χ1n) is 8.38. The first kappa shape index (κ1) is 14.3. The monoisotopic (exact) mass is 280 g/mol. The molecule has 2 atom stereocenters. The van der Waals surface area contributed by atoms with Crippen LogP contribution in [0.25, 0.3) is 0 Å². The molecule has 1 amide bonds. The summed E-state index contributed by atoms with van der Waals surface area (Å²) in [5.74, 6) is 0.352. The van der Waals surface area contributed by atoms with Crippen LogP contribution in [0.4, 0.5) is 0 Å². The van der Waals surface area contributed by atoms with Crippen molar-refractivity contribution >= 4 is 5.91 Å². The lowest BCUT2D eigenvalue weighted by molar-refractivity contribution is -0.135. The number of ether oxygens (including phenoxy) is 1. The van der Waals surface area contributed by atoms with E-state index in [4.69, 9.17) is 4.74 Å². The molecule has 3 saturated heterocycles. The van der Waals surface area contributed by atoms with E-state index in [2.05, 4.69) is 10.2 Å². The van der Waals surface area contributed by atoms with E-state index in [0.29, 0.717) is 23.8 Å². The van der Waals surface area contributed by atoms with Crippen LogP contribution in [0.15, 0.2) is 0 Å². The minimum atomic E-state index is 0.342. The summed E-state index contributed by atoms with van der Waals surface area (Å²) in [6, 6.07) is 0. The molecule has 0 aromatic carbocycles. The summed E-state index contributed by atoms with van der Waals surface area (Å²) in [6.07, 6.45) is 9.25. The average molecular weight is 280 g/mol. The van der Waals surface area contributed by atoms with Gasteiger partial charge in [-0.05, 0) is 51.5 Å². The number of likely N-dealkylation sites (tertiary alicyclic amines) is 1. The second-order valence-electron chi connectivity index (χ2n) is 6.87. The number of carbonyl (C=O) groups is 1. The molecule has 3 aliphatic rings. The summed E-state index contributed by atoms with van der Waals surface area (Å²) < 4.78 is 5.62. The van der Waals surface area contributed by atoms with Gasteiger partial charge in [-0.2, -0.15) is 0 Å².